The van der Waals surface area contributed by atoms with Gasteiger partial charge in [0.15, 0.2) is 0 Å². The molecule has 80 valence electrons. The molecule has 0 saturated heterocycles. The number of hydrogen-bond acceptors (Lipinski definition) is 3. The van der Waals surface area contributed by atoms with Gasteiger partial charge in [-0.05, 0) is 47.0 Å². The average Bonchev–Trinajstić information content (AvgIpc) is 2.30. The van der Waals surface area contributed by atoms with Gasteiger partial charge in [0.05, 0.1) is 12.3 Å². The second-order valence-corrected chi connectivity index (χ2v) is 4.39. The van der Waals surface area contributed by atoms with Crippen LogP contribution in [0.15, 0.2) is 34.6 Å². The number of pyridine rings is 1. The summed E-state index contributed by atoms with van der Waals surface area (Å²) in [5.41, 5.74) is 6.89. The van der Waals surface area contributed by atoms with Gasteiger partial charge >= 0.3 is 0 Å². The van der Waals surface area contributed by atoms with Gasteiger partial charge in [-0.2, -0.15) is 0 Å². The maximum atomic E-state index is 6.05. The zero-order valence-electron chi connectivity index (χ0n) is 8.32. The van der Waals surface area contributed by atoms with Crippen molar-refractivity contribution in [3.05, 3.63) is 40.3 Å². The third-order valence-corrected chi connectivity index (χ3v) is 2.81. The first kappa shape index (κ1) is 10.6. The van der Waals surface area contributed by atoms with Crippen LogP contribution < -0.4 is 5.73 Å². The molecule has 0 amide bonds. The molecule has 1 aliphatic rings. The predicted molar refractivity (Wildman–Crippen MR) is 62.1 cm³/mol. The molecule has 0 aliphatic carbocycles. The highest BCUT2D eigenvalue weighted by Crippen LogP contribution is 2.23. The Morgan fingerprint density at radius 1 is 1.47 bits per heavy atom. The Labute approximate surface area is 97.5 Å². The highest BCUT2D eigenvalue weighted by atomic mass is 79.9. The van der Waals surface area contributed by atoms with E-state index in [2.05, 4.69) is 27.0 Å². The zero-order chi connectivity index (χ0) is 10.7. The van der Waals surface area contributed by atoms with E-state index in [0.717, 1.165) is 35.4 Å². The van der Waals surface area contributed by atoms with Gasteiger partial charge in [-0.15, -0.1) is 0 Å². The zero-order valence-corrected chi connectivity index (χ0v) is 9.90. The topological polar surface area (TPSA) is 48.1 Å². The Morgan fingerprint density at radius 3 is 2.93 bits per heavy atom. The molecule has 0 spiro atoms. The van der Waals surface area contributed by atoms with Crippen LogP contribution in [-0.4, -0.2) is 11.6 Å². The molecule has 4 heteroatoms. The molecule has 1 aromatic rings. The lowest BCUT2D eigenvalue weighted by Crippen LogP contribution is -2.18. The number of hydrogen-bond donors (Lipinski definition) is 1. The van der Waals surface area contributed by atoms with Crippen molar-refractivity contribution in [2.75, 3.05) is 6.61 Å². The van der Waals surface area contributed by atoms with Crippen molar-refractivity contribution in [2.45, 2.75) is 18.9 Å². The molecule has 1 unspecified atom stereocenters. The Bertz CT molecular complexity index is 361. The van der Waals surface area contributed by atoms with Crippen LogP contribution >= 0.6 is 15.9 Å². The van der Waals surface area contributed by atoms with E-state index < -0.39 is 0 Å². The minimum Gasteiger partial charge on any atom is -0.496 e. The molecule has 2 heterocycles. The van der Waals surface area contributed by atoms with Gasteiger partial charge in [0.25, 0.3) is 0 Å². The van der Waals surface area contributed by atoms with Gasteiger partial charge in [-0.3, -0.25) is 4.98 Å². The van der Waals surface area contributed by atoms with Crippen LogP contribution in [0.2, 0.25) is 0 Å². The molecule has 0 bridgehead atoms. The molecule has 2 rings (SSSR count). The normalized spacial score (nSPS) is 17.9. The molecular weight excluding hydrogens is 256 g/mol. The monoisotopic (exact) mass is 268 g/mol. The van der Waals surface area contributed by atoms with E-state index in [1.165, 1.54) is 0 Å². The average molecular weight is 269 g/mol. The maximum Gasteiger partial charge on any atom is 0.115 e. The fourth-order valence-corrected chi connectivity index (χ4v) is 1.74. The third-order valence-electron chi connectivity index (χ3n) is 2.34. The highest BCUT2D eigenvalue weighted by Gasteiger charge is 2.16. The molecule has 2 N–H and O–H groups in total. The standard InChI is InChI=1S/C11H13BrN2O/c12-8-4-5-9(14-7-8)11(13)10-3-1-2-6-15-10/h3-5,7,11H,1-2,6,13H2. The SMILES string of the molecule is NC(C1=CCCCO1)c1ccc(Br)cn1. The van der Waals surface area contributed by atoms with Crippen molar-refractivity contribution in [1.29, 1.82) is 0 Å². The fraction of sp³-hybridized carbons (Fsp3) is 0.364. The van der Waals surface area contributed by atoms with Gasteiger partial charge in [-0.25, -0.2) is 0 Å². The van der Waals surface area contributed by atoms with Crippen molar-refractivity contribution < 1.29 is 4.74 Å². The molecule has 3 nitrogen and oxygen atoms in total. The number of allylic oxidation sites excluding steroid dienone is 1. The van der Waals surface area contributed by atoms with Gasteiger partial charge in [0, 0.05) is 10.7 Å². The van der Waals surface area contributed by atoms with Crippen molar-refractivity contribution in [3.63, 3.8) is 0 Å². The predicted octanol–water partition coefficient (Wildman–Crippen LogP) is 2.54. The van der Waals surface area contributed by atoms with E-state index in [1.54, 1.807) is 6.20 Å². The number of aromatic nitrogens is 1. The molecule has 1 atom stereocenters. The van der Waals surface area contributed by atoms with E-state index in [-0.39, 0.29) is 6.04 Å². The second-order valence-electron chi connectivity index (χ2n) is 3.48. The Morgan fingerprint density at radius 2 is 2.33 bits per heavy atom. The summed E-state index contributed by atoms with van der Waals surface area (Å²) >= 11 is 3.34. The lowest BCUT2D eigenvalue weighted by atomic mass is 10.1. The largest absolute Gasteiger partial charge is 0.496 e. The van der Waals surface area contributed by atoms with Crippen LogP contribution in [0.4, 0.5) is 0 Å². The van der Waals surface area contributed by atoms with Crippen LogP contribution in [0, 0.1) is 0 Å². The first-order valence-electron chi connectivity index (χ1n) is 4.97. The molecule has 0 fully saturated rings. The van der Waals surface area contributed by atoms with Gasteiger partial charge in [0.1, 0.15) is 11.8 Å². The summed E-state index contributed by atoms with van der Waals surface area (Å²) in [5, 5.41) is 0. The fourth-order valence-electron chi connectivity index (χ4n) is 1.51. The lowest BCUT2D eigenvalue weighted by Gasteiger charge is -2.20. The maximum absolute atomic E-state index is 6.05. The first-order valence-corrected chi connectivity index (χ1v) is 5.76. The molecule has 1 aliphatic heterocycles. The molecule has 15 heavy (non-hydrogen) atoms. The molecule has 1 aromatic heterocycles. The van der Waals surface area contributed by atoms with Crippen molar-refractivity contribution in [1.82, 2.24) is 4.98 Å². The quantitative estimate of drug-likeness (QED) is 0.897. The second kappa shape index (κ2) is 4.77. The first-order chi connectivity index (χ1) is 7.27. The summed E-state index contributed by atoms with van der Waals surface area (Å²) in [6.07, 6.45) is 5.92. The Balaban J connectivity index is 2.16. The number of nitrogens with zero attached hydrogens (tertiary/aromatic N) is 1. The van der Waals surface area contributed by atoms with Crippen molar-refractivity contribution >= 4 is 15.9 Å². The highest BCUT2D eigenvalue weighted by molar-refractivity contribution is 9.10. The summed E-state index contributed by atoms with van der Waals surface area (Å²) in [7, 11) is 0. The summed E-state index contributed by atoms with van der Waals surface area (Å²) in [5.74, 6) is 0.844. The van der Waals surface area contributed by atoms with E-state index >= 15 is 0 Å². The number of nitrogens with two attached hydrogens (primary N) is 1. The van der Waals surface area contributed by atoms with Crippen molar-refractivity contribution in [2.24, 2.45) is 5.73 Å². The smallest absolute Gasteiger partial charge is 0.115 e. The van der Waals surface area contributed by atoms with Gasteiger partial charge in [0.2, 0.25) is 0 Å². The van der Waals surface area contributed by atoms with Crippen LogP contribution in [-0.2, 0) is 4.74 Å². The van der Waals surface area contributed by atoms with E-state index in [4.69, 9.17) is 10.5 Å². The minimum atomic E-state index is -0.238. The van der Waals surface area contributed by atoms with Gasteiger partial charge in [-0.1, -0.05) is 0 Å². The number of rotatable bonds is 2. The van der Waals surface area contributed by atoms with Crippen LogP contribution in [0.1, 0.15) is 24.6 Å². The molecular formula is C11H13BrN2O. The number of halogens is 1. The lowest BCUT2D eigenvalue weighted by molar-refractivity contribution is 0.175. The summed E-state index contributed by atoms with van der Waals surface area (Å²) in [4.78, 5) is 4.26. The molecule has 0 saturated carbocycles. The Kier molecular flexibility index (Phi) is 3.38. The summed E-state index contributed by atoms with van der Waals surface area (Å²) in [6.45, 7) is 0.760. The number of ether oxygens (including phenoxy) is 1. The summed E-state index contributed by atoms with van der Waals surface area (Å²) < 4.78 is 6.46. The van der Waals surface area contributed by atoms with Crippen LogP contribution in [0.25, 0.3) is 0 Å². The van der Waals surface area contributed by atoms with Crippen molar-refractivity contribution in [3.8, 4) is 0 Å². The van der Waals surface area contributed by atoms with E-state index in [1.807, 2.05) is 12.1 Å². The Hall–Kier alpha value is -0.870. The molecule has 0 aromatic carbocycles. The van der Waals surface area contributed by atoms with Crippen LogP contribution in [0.5, 0.6) is 0 Å². The van der Waals surface area contributed by atoms with Crippen LogP contribution in [0.3, 0.4) is 0 Å². The minimum absolute atomic E-state index is 0.238. The van der Waals surface area contributed by atoms with E-state index in [9.17, 15) is 0 Å². The third kappa shape index (κ3) is 2.58. The van der Waals surface area contributed by atoms with Gasteiger partial charge < -0.3 is 10.5 Å². The molecule has 0 radical (unpaired) electrons. The van der Waals surface area contributed by atoms with E-state index in [0.29, 0.717) is 0 Å². The summed E-state index contributed by atoms with van der Waals surface area (Å²) in [6, 6.07) is 3.61.